The number of aliphatic hydroxyl groups is 1. The molecule has 0 aromatic rings. The molecule has 0 unspecified atom stereocenters. The lowest BCUT2D eigenvalue weighted by Gasteiger charge is -2.70. The highest BCUT2D eigenvalue weighted by molar-refractivity contribution is 5.79. The Kier molecular flexibility index (Phi) is 1.71. The van der Waals surface area contributed by atoms with E-state index in [1.165, 1.54) is 0 Å². The van der Waals surface area contributed by atoms with Gasteiger partial charge in [-0.2, -0.15) is 0 Å². The lowest BCUT2D eigenvalue weighted by Crippen LogP contribution is -2.76. The van der Waals surface area contributed by atoms with Gasteiger partial charge in [0.15, 0.2) is 0 Å². The third kappa shape index (κ3) is 1.17. The van der Waals surface area contributed by atoms with Gasteiger partial charge >= 0.3 is 0 Å². The summed E-state index contributed by atoms with van der Waals surface area (Å²) in [6.07, 6.45) is 2.94. The molecule has 1 amide bonds. The zero-order valence-electron chi connectivity index (χ0n) is 8.26. The van der Waals surface area contributed by atoms with Crippen LogP contribution in [0.1, 0.15) is 33.1 Å². The lowest BCUT2D eigenvalue weighted by atomic mass is 9.39. The molecule has 74 valence electrons. The zero-order valence-corrected chi connectivity index (χ0v) is 8.26. The summed E-state index contributed by atoms with van der Waals surface area (Å²) in [5.74, 6) is 0.213. The molecule has 3 nitrogen and oxygen atoms in total. The topological polar surface area (TPSA) is 49.3 Å². The van der Waals surface area contributed by atoms with Crippen LogP contribution in [0.2, 0.25) is 0 Å². The second-order valence-corrected chi connectivity index (χ2v) is 5.11. The molecule has 0 heterocycles. The molecule has 3 aliphatic carbocycles. The van der Waals surface area contributed by atoms with Gasteiger partial charge in [0.2, 0.25) is 5.91 Å². The molecular formula is C10H17NO2. The number of carbonyl (C=O) groups excluding carboxylic acids is 1. The van der Waals surface area contributed by atoms with Crippen molar-refractivity contribution in [2.75, 3.05) is 6.61 Å². The van der Waals surface area contributed by atoms with Gasteiger partial charge in [0.1, 0.15) is 0 Å². The highest BCUT2D eigenvalue weighted by Gasteiger charge is 2.68. The molecule has 3 rings (SSSR count). The first-order chi connectivity index (χ1) is 6.01. The molecule has 0 spiro atoms. The number of rotatable bonds is 3. The first kappa shape index (κ1) is 9.00. The van der Waals surface area contributed by atoms with Crippen LogP contribution in [-0.2, 0) is 4.79 Å². The summed E-state index contributed by atoms with van der Waals surface area (Å²) in [6, 6.07) is 0. The monoisotopic (exact) mass is 183 g/mol. The zero-order chi connectivity index (χ0) is 9.69. The Labute approximate surface area is 78.5 Å². The standard InChI is InChI=1S/C10H17NO2/c1-7(2)8(13)11-10-3-9(4-10,5-10)6-12/h7,12H,3-6H2,1-2H3,(H,11,13). The van der Waals surface area contributed by atoms with Crippen molar-refractivity contribution in [3.63, 3.8) is 0 Å². The van der Waals surface area contributed by atoms with Gasteiger partial charge in [-0.3, -0.25) is 4.79 Å². The van der Waals surface area contributed by atoms with Crippen LogP contribution >= 0.6 is 0 Å². The van der Waals surface area contributed by atoms with Crippen molar-refractivity contribution in [1.82, 2.24) is 5.32 Å². The van der Waals surface area contributed by atoms with Crippen molar-refractivity contribution in [2.45, 2.75) is 38.6 Å². The Hall–Kier alpha value is -0.570. The minimum Gasteiger partial charge on any atom is -0.396 e. The maximum atomic E-state index is 11.4. The second-order valence-electron chi connectivity index (χ2n) is 5.11. The van der Waals surface area contributed by atoms with Gasteiger partial charge in [-0.15, -0.1) is 0 Å². The number of hydrogen-bond acceptors (Lipinski definition) is 2. The third-order valence-electron chi connectivity index (χ3n) is 3.39. The number of amides is 1. The molecule has 3 fully saturated rings. The molecule has 0 atom stereocenters. The van der Waals surface area contributed by atoms with Gasteiger partial charge in [0, 0.05) is 23.5 Å². The maximum absolute atomic E-state index is 11.4. The van der Waals surface area contributed by atoms with Crippen molar-refractivity contribution < 1.29 is 9.90 Å². The Morgan fingerprint density at radius 1 is 1.46 bits per heavy atom. The minimum atomic E-state index is 0.0686. The fourth-order valence-corrected chi connectivity index (χ4v) is 2.70. The van der Waals surface area contributed by atoms with Crippen molar-refractivity contribution in [1.29, 1.82) is 0 Å². The largest absolute Gasteiger partial charge is 0.396 e. The van der Waals surface area contributed by atoms with E-state index in [0.717, 1.165) is 19.3 Å². The van der Waals surface area contributed by atoms with Crippen molar-refractivity contribution in [3.05, 3.63) is 0 Å². The fourth-order valence-electron chi connectivity index (χ4n) is 2.70. The van der Waals surface area contributed by atoms with Gasteiger partial charge < -0.3 is 10.4 Å². The van der Waals surface area contributed by atoms with Gasteiger partial charge in [-0.1, -0.05) is 13.8 Å². The number of nitrogens with one attached hydrogen (secondary N) is 1. The molecule has 0 aromatic carbocycles. The van der Waals surface area contributed by atoms with E-state index in [0.29, 0.717) is 0 Å². The van der Waals surface area contributed by atoms with Crippen LogP contribution in [0.15, 0.2) is 0 Å². The molecule has 2 bridgehead atoms. The van der Waals surface area contributed by atoms with Crippen LogP contribution in [0.5, 0.6) is 0 Å². The minimum absolute atomic E-state index is 0.0686. The predicted molar refractivity (Wildman–Crippen MR) is 49.1 cm³/mol. The molecule has 0 saturated heterocycles. The van der Waals surface area contributed by atoms with Gasteiger partial charge in [0.25, 0.3) is 0 Å². The average molecular weight is 183 g/mol. The highest BCUT2D eigenvalue weighted by atomic mass is 16.3. The second kappa shape index (κ2) is 2.47. The Morgan fingerprint density at radius 2 is 2.00 bits per heavy atom. The van der Waals surface area contributed by atoms with Crippen LogP contribution < -0.4 is 5.32 Å². The van der Waals surface area contributed by atoms with Gasteiger partial charge in [-0.25, -0.2) is 0 Å². The number of carbonyl (C=O) groups is 1. The van der Waals surface area contributed by atoms with E-state index in [1.54, 1.807) is 0 Å². The first-order valence-corrected chi connectivity index (χ1v) is 4.94. The first-order valence-electron chi connectivity index (χ1n) is 4.94. The summed E-state index contributed by atoms with van der Waals surface area (Å²) in [6.45, 7) is 4.09. The Morgan fingerprint density at radius 3 is 2.38 bits per heavy atom. The SMILES string of the molecule is CC(C)C(=O)NC12CC(CO)(C1)C2. The molecule has 3 heteroatoms. The van der Waals surface area contributed by atoms with E-state index in [2.05, 4.69) is 5.32 Å². The highest BCUT2D eigenvalue weighted by Crippen LogP contribution is 2.66. The quantitative estimate of drug-likeness (QED) is 0.675. The predicted octanol–water partition coefficient (Wildman–Crippen LogP) is 0.674. The summed E-state index contributed by atoms with van der Waals surface area (Å²) in [7, 11) is 0. The van der Waals surface area contributed by atoms with Crippen molar-refractivity contribution in [3.8, 4) is 0 Å². The van der Waals surface area contributed by atoms with Gasteiger partial charge in [0.05, 0.1) is 0 Å². The Bertz CT molecular complexity index is 228. The maximum Gasteiger partial charge on any atom is 0.222 e. The van der Waals surface area contributed by atoms with E-state index in [-0.39, 0.29) is 29.4 Å². The average Bonchev–Trinajstić information content (AvgIpc) is 1.92. The number of aliphatic hydroxyl groups excluding tert-OH is 1. The molecule has 2 N–H and O–H groups in total. The lowest BCUT2D eigenvalue weighted by molar-refractivity contribution is -0.184. The van der Waals surface area contributed by atoms with E-state index in [1.807, 2.05) is 13.8 Å². The van der Waals surface area contributed by atoms with E-state index >= 15 is 0 Å². The van der Waals surface area contributed by atoms with Crippen LogP contribution in [0.3, 0.4) is 0 Å². The smallest absolute Gasteiger partial charge is 0.222 e. The van der Waals surface area contributed by atoms with Crippen LogP contribution in [0.25, 0.3) is 0 Å². The normalized spacial score (nSPS) is 40.9. The van der Waals surface area contributed by atoms with Gasteiger partial charge in [-0.05, 0) is 19.3 Å². The third-order valence-corrected chi connectivity index (χ3v) is 3.39. The summed E-state index contributed by atoms with van der Waals surface area (Å²) in [5, 5.41) is 12.1. The van der Waals surface area contributed by atoms with E-state index in [4.69, 9.17) is 5.11 Å². The molecule has 0 aliphatic heterocycles. The fraction of sp³-hybridized carbons (Fsp3) is 0.900. The summed E-state index contributed by atoms with van der Waals surface area (Å²) in [4.78, 5) is 11.4. The molecule has 0 radical (unpaired) electrons. The Balaban J connectivity index is 1.84. The molecule has 0 aromatic heterocycles. The molecule has 3 saturated carbocycles. The number of hydrogen-bond donors (Lipinski definition) is 2. The molecule has 13 heavy (non-hydrogen) atoms. The van der Waals surface area contributed by atoms with Crippen molar-refractivity contribution in [2.24, 2.45) is 11.3 Å². The molecule has 3 aliphatic rings. The summed E-state index contributed by atoms with van der Waals surface area (Å²) in [5.41, 5.74) is 0.258. The summed E-state index contributed by atoms with van der Waals surface area (Å²) >= 11 is 0. The summed E-state index contributed by atoms with van der Waals surface area (Å²) < 4.78 is 0. The molecular weight excluding hydrogens is 166 g/mol. The van der Waals surface area contributed by atoms with E-state index < -0.39 is 0 Å². The van der Waals surface area contributed by atoms with Crippen LogP contribution in [0, 0.1) is 11.3 Å². The van der Waals surface area contributed by atoms with Crippen LogP contribution in [0.4, 0.5) is 0 Å². The van der Waals surface area contributed by atoms with Crippen molar-refractivity contribution >= 4 is 5.91 Å². The van der Waals surface area contributed by atoms with Crippen LogP contribution in [-0.4, -0.2) is 23.2 Å². The van der Waals surface area contributed by atoms with E-state index in [9.17, 15) is 4.79 Å².